The Labute approximate surface area is 120 Å². The topological polar surface area (TPSA) is 12.5 Å². The molecule has 2 aromatic rings. The van der Waals surface area contributed by atoms with Crippen molar-refractivity contribution >= 4 is 23.3 Å². The first-order chi connectivity index (χ1) is 9.27. The van der Waals surface area contributed by atoms with Gasteiger partial charge in [-0.1, -0.05) is 69.5 Å². The highest BCUT2D eigenvalue weighted by Crippen LogP contribution is 1.95. The summed E-state index contributed by atoms with van der Waals surface area (Å²) >= 11 is -1.54. The molecule has 0 heterocycles. The van der Waals surface area contributed by atoms with Crippen LogP contribution in [0.1, 0.15) is 0 Å². The van der Waals surface area contributed by atoms with E-state index in [1.807, 2.05) is 0 Å². The Balaban J connectivity index is 2.14. The molecule has 0 radical (unpaired) electrons. The molecule has 0 spiro atoms. The third-order valence-corrected chi connectivity index (χ3v) is 5.58. The van der Waals surface area contributed by atoms with E-state index in [1.165, 1.54) is 8.85 Å². The summed E-state index contributed by atoms with van der Waals surface area (Å²) in [6.45, 7) is 1.75. The summed E-state index contributed by atoms with van der Waals surface area (Å²) in [7, 11) is 4.15. The molecular formula is C16H20AlNO. The van der Waals surface area contributed by atoms with Crippen molar-refractivity contribution in [2.75, 3.05) is 27.2 Å². The Morgan fingerprint density at radius 2 is 1.32 bits per heavy atom. The summed E-state index contributed by atoms with van der Waals surface area (Å²) in [6, 6.07) is 21.2. The SMILES string of the molecule is CN(C)CC[O][Al]([c]1ccccc1)[c]1ccccc1. The quantitative estimate of drug-likeness (QED) is 0.734. The minimum Gasteiger partial charge on any atom is -0.493 e. The molecule has 0 N–H and O–H groups in total. The molecule has 0 fully saturated rings. The highest BCUT2D eigenvalue weighted by Gasteiger charge is 2.25. The fourth-order valence-electron chi connectivity index (χ4n) is 1.99. The summed E-state index contributed by atoms with van der Waals surface area (Å²) in [5.74, 6) is 0. The van der Waals surface area contributed by atoms with E-state index in [1.54, 1.807) is 0 Å². The lowest BCUT2D eigenvalue weighted by Gasteiger charge is -2.16. The Morgan fingerprint density at radius 3 is 1.74 bits per heavy atom. The summed E-state index contributed by atoms with van der Waals surface area (Å²) in [6.07, 6.45) is 0. The fraction of sp³-hybridized carbons (Fsp3) is 0.250. The molecule has 2 aromatic carbocycles. The minimum absolute atomic E-state index is 0.785. The molecule has 0 amide bonds. The second kappa shape index (κ2) is 7.47. The lowest BCUT2D eigenvalue weighted by Crippen LogP contribution is -2.45. The predicted octanol–water partition coefficient (Wildman–Crippen LogP) is 1.37. The van der Waals surface area contributed by atoms with Crippen LogP contribution in [0.3, 0.4) is 0 Å². The van der Waals surface area contributed by atoms with Crippen molar-refractivity contribution in [1.29, 1.82) is 0 Å². The highest BCUT2D eigenvalue weighted by atomic mass is 27.2. The number of rotatable bonds is 6. The van der Waals surface area contributed by atoms with Crippen LogP contribution in [0.2, 0.25) is 0 Å². The van der Waals surface area contributed by atoms with Crippen LogP contribution in [0.5, 0.6) is 0 Å². The molecule has 0 unspecified atom stereocenters. The Morgan fingerprint density at radius 1 is 0.842 bits per heavy atom. The van der Waals surface area contributed by atoms with Gasteiger partial charge in [-0.05, 0) is 14.1 Å². The van der Waals surface area contributed by atoms with E-state index in [-0.39, 0.29) is 0 Å². The molecule has 2 nitrogen and oxygen atoms in total. The number of likely N-dealkylation sites (N-methyl/N-ethyl adjacent to an activating group) is 1. The van der Waals surface area contributed by atoms with Crippen LogP contribution in [0.4, 0.5) is 0 Å². The van der Waals surface area contributed by atoms with Gasteiger partial charge in [0, 0.05) is 13.2 Å². The van der Waals surface area contributed by atoms with E-state index >= 15 is 0 Å². The van der Waals surface area contributed by atoms with E-state index in [0.717, 1.165) is 13.2 Å². The van der Waals surface area contributed by atoms with E-state index in [2.05, 4.69) is 79.7 Å². The summed E-state index contributed by atoms with van der Waals surface area (Å²) in [5, 5.41) is 0. The Hall–Kier alpha value is -1.11. The molecule has 0 atom stereocenters. The molecule has 19 heavy (non-hydrogen) atoms. The second-order valence-electron chi connectivity index (χ2n) is 4.88. The standard InChI is InChI=1S/2C6H5.C4H10NO.Al/c2*1-2-4-6-5-3-1;1-5(2)3-4-6;/h2*1-5H;3-4H2,1-2H3;/q;;-1;+1. The molecule has 0 saturated carbocycles. The second-order valence-corrected chi connectivity index (χ2v) is 7.30. The monoisotopic (exact) mass is 269 g/mol. The first-order valence-electron chi connectivity index (χ1n) is 6.63. The maximum absolute atomic E-state index is 6.22. The van der Waals surface area contributed by atoms with Gasteiger partial charge >= 0.3 is 14.5 Å². The molecule has 0 aromatic heterocycles. The van der Waals surface area contributed by atoms with Crippen LogP contribution < -0.4 is 8.85 Å². The van der Waals surface area contributed by atoms with E-state index in [4.69, 9.17) is 3.79 Å². The zero-order chi connectivity index (χ0) is 13.5. The van der Waals surface area contributed by atoms with Crippen LogP contribution in [-0.4, -0.2) is 46.6 Å². The first kappa shape index (κ1) is 14.3. The van der Waals surface area contributed by atoms with Gasteiger partial charge in [-0.15, -0.1) is 0 Å². The molecule has 0 aliphatic heterocycles. The van der Waals surface area contributed by atoms with Gasteiger partial charge in [-0.2, -0.15) is 0 Å². The van der Waals surface area contributed by atoms with Crippen LogP contribution in [0.25, 0.3) is 0 Å². The zero-order valence-corrected chi connectivity index (χ0v) is 12.8. The summed E-state index contributed by atoms with van der Waals surface area (Å²) in [5.41, 5.74) is 0. The molecule has 0 bridgehead atoms. The Bertz CT molecular complexity index is 433. The lowest BCUT2D eigenvalue weighted by molar-refractivity contribution is 0.269. The minimum atomic E-state index is -1.54. The number of hydrogen-bond donors (Lipinski definition) is 0. The summed E-state index contributed by atoms with van der Waals surface area (Å²) < 4.78 is 8.90. The third-order valence-electron chi connectivity index (χ3n) is 3.03. The van der Waals surface area contributed by atoms with Crippen molar-refractivity contribution in [3.05, 3.63) is 60.7 Å². The van der Waals surface area contributed by atoms with Gasteiger partial charge in [0.1, 0.15) is 0 Å². The maximum atomic E-state index is 6.22. The van der Waals surface area contributed by atoms with Crippen LogP contribution in [0, 0.1) is 0 Å². The first-order valence-corrected chi connectivity index (χ1v) is 8.26. The van der Waals surface area contributed by atoms with Crippen LogP contribution in [0.15, 0.2) is 60.7 Å². The molecule has 0 aliphatic rings. The molecule has 98 valence electrons. The largest absolute Gasteiger partial charge is 0.544 e. The van der Waals surface area contributed by atoms with Gasteiger partial charge in [0.15, 0.2) is 0 Å². The average molecular weight is 269 g/mol. The van der Waals surface area contributed by atoms with E-state index in [0.29, 0.717) is 0 Å². The van der Waals surface area contributed by atoms with Gasteiger partial charge in [-0.25, -0.2) is 0 Å². The van der Waals surface area contributed by atoms with Gasteiger partial charge in [0.25, 0.3) is 0 Å². The molecule has 0 saturated heterocycles. The van der Waals surface area contributed by atoms with Crippen molar-refractivity contribution in [2.24, 2.45) is 0 Å². The number of benzene rings is 2. The van der Waals surface area contributed by atoms with Crippen LogP contribution >= 0.6 is 0 Å². The van der Waals surface area contributed by atoms with E-state index in [9.17, 15) is 0 Å². The maximum Gasteiger partial charge on any atom is 0.544 e. The fourth-order valence-corrected chi connectivity index (χ4v) is 4.25. The van der Waals surface area contributed by atoms with Crippen molar-refractivity contribution in [2.45, 2.75) is 0 Å². The molecular weight excluding hydrogens is 249 g/mol. The predicted molar refractivity (Wildman–Crippen MR) is 82.4 cm³/mol. The normalized spacial score (nSPS) is 10.7. The molecule has 3 heteroatoms. The van der Waals surface area contributed by atoms with Gasteiger partial charge in [0.2, 0.25) is 0 Å². The van der Waals surface area contributed by atoms with Gasteiger partial charge in [0.05, 0.1) is 0 Å². The van der Waals surface area contributed by atoms with Crippen molar-refractivity contribution < 1.29 is 3.79 Å². The van der Waals surface area contributed by atoms with Crippen molar-refractivity contribution in [3.63, 3.8) is 0 Å². The third kappa shape index (κ3) is 4.49. The van der Waals surface area contributed by atoms with Gasteiger partial charge in [-0.3, -0.25) is 0 Å². The Kier molecular flexibility index (Phi) is 5.63. The number of hydrogen-bond acceptors (Lipinski definition) is 2. The van der Waals surface area contributed by atoms with Crippen molar-refractivity contribution in [1.82, 2.24) is 4.90 Å². The zero-order valence-electron chi connectivity index (χ0n) is 11.6. The smallest absolute Gasteiger partial charge is 0.493 e. The van der Waals surface area contributed by atoms with Gasteiger partial charge < -0.3 is 8.69 Å². The highest BCUT2D eigenvalue weighted by molar-refractivity contribution is 6.80. The average Bonchev–Trinajstić information content (AvgIpc) is 2.45. The lowest BCUT2D eigenvalue weighted by atomic mass is 10.4. The van der Waals surface area contributed by atoms with Crippen LogP contribution in [-0.2, 0) is 3.79 Å². The molecule has 0 aliphatic carbocycles. The summed E-state index contributed by atoms with van der Waals surface area (Å²) in [4.78, 5) is 2.15. The van der Waals surface area contributed by atoms with Crippen molar-refractivity contribution in [3.8, 4) is 0 Å². The van der Waals surface area contributed by atoms with E-state index < -0.39 is 14.5 Å². The molecule has 2 rings (SSSR count). The number of nitrogens with zero attached hydrogens (tertiary/aromatic N) is 1.